The van der Waals surface area contributed by atoms with Gasteiger partial charge in [-0.05, 0) is 49.6 Å². The number of hydrogen-bond donors (Lipinski definition) is 1. The molecule has 0 aliphatic carbocycles. The molecule has 0 saturated carbocycles. The summed E-state index contributed by atoms with van der Waals surface area (Å²) in [6, 6.07) is 8.21. The summed E-state index contributed by atoms with van der Waals surface area (Å²) in [5, 5.41) is 4.20. The second-order valence-corrected chi connectivity index (χ2v) is 6.37. The van der Waals surface area contributed by atoms with Gasteiger partial charge in [0, 0.05) is 23.0 Å². The second kappa shape index (κ2) is 6.23. The standard InChI is InChI=1S/C17H18N4S/c1-4-14-10-19-16(22-14)15-5-6-18-17(21-15)20-13-8-11(2)7-12(3)9-13/h5-10H,4H2,1-3H3,(H,18,20,21). The van der Waals surface area contributed by atoms with Crippen molar-refractivity contribution in [3.63, 3.8) is 0 Å². The van der Waals surface area contributed by atoms with E-state index in [1.165, 1.54) is 16.0 Å². The Bertz CT molecular complexity index is 775. The van der Waals surface area contributed by atoms with Gasteiger partial charge in [-0.1, -0.05) is 13.0 Å². The van der Waals surface area contributed by atoms with Crippen molar-refractivity contribution >= 4 is 23.0 Å². The first-order valence-corrected chi connectivity index (χ1v) is 8.09. The molecule has 0 bridgehead atoms. The van der Waals surface area contributed by atoms with E-state index in [2.05, 4.69) is 59.2 Å². The number of benzene rings is 1. The average Bonchev–Trinajstić information content (AvgIpc) is 2.95. The van der Waals surface area contributed by atoms with E-state index >= 15 is 0 Å². The predicted molar refractivity (Wildman–Crippen MR) is 91.7 cm³/mol. The SMILES string of the molecule is CCc1cnc(-c2ccnc(Nc3cc(C)cc(C)c3)n2)s1. The maximum Gasteiger partial charge on any atom is 0.227 e. The highest BCUT2D eigenvalue weighted by molar-refractivity contribution is 7.14. The molecule has 2 heterocycles. The van der Waals surface area contributed by atoms with Crippen molar-refractivity contribution in [3.8, 4) is 10.7 Å². The number of nitrogens with zero attached hydrogens (tertiary/aromatic N) is 3. The van der Waals surface area contributed by atoms with E-state index < -0.39 is 0 Å². The van der Waals surface area contributed by atoms with Crippen LogP contribution in [0.4, 0.5) is 11.6 Å². The smallest absolute Gasteiger partial charge is 0.227 e. The average molecular weight is 310 g/mol. The molecule has 4 nitrogen and oxygen atoms in total. The molecular weight excluding hydrogens is 292 g/mol. The van der Waals surface area contributed by atoms with Gasteiger partial charge >= 0.3 is 0 Å². The largest absolute Gasteiger partial charge is 0.324 e. The van der Waals surface area contributed by atoms with Gasteiger partial charge in [-0.3, -0.25) is 0 Å². The lowest BCUT2D eigenvalue weighted by molar-refractivity contribution is 1.15. The van der Waals surface area contributed by atoms with Gasteiger partial charge in [0.25, 0.3) is 0 Å². The fourth-order valence-corrected chi connectivity index (χ4v) is 3.13. The van der Waals surface area contributed by atoms with Crippen LogP contribution in [0.1, 0.15) is 22.9 Å². The summed E-state index contributed by atoms with van der Waals surface area (Å²) in [5.74, 6) is 0.593. The fraction of sp³-hybridized carbons (Fsp3) is 0.235. The van der Waals surface area contributed by atoms with Crippen LogP contribution in [0, 0.1) is 13.8 Å². The number of anilines is 2. The Kier molecular flexibility index (Phi) is 4.15. The van der Waals surface area contributed by atoms with Crippen LogP contribution in [0.15, 0.2) is 36.7 Å². The number of aryl methyl sites for hydroxylation is 3. The molecule has 0 saturated heterocycles. The van der Waals surface area contributed by atoms with Crippen molar-refractivity contribution < 1.29 is 0 Å². The van der Waals surface area contributed by atoms with Crippen LogP contribution >= 0.6 is 11.3 Å². The van der Waals surface area contributed by atoms with Gasteiger partial charge < -0.3 is 5.32 Å². The summed E-state index contributed by atoms with van der Waals surface area (Å²) in [6.45, 7) is 6.29. The minimum atomic E-state index is 0.593. The lowest BCUT2D eigenvalue weighted by atomic mass is 10.1. The number of aromatic nitrogens is 3. The molecule has 5 heteroatoms. The molecule has 0 spiro atoms. The van der Waals surface area contributed by atoms with Crippen LogP contribution in [-0.2, 0) is 6.42 Å². The Morgan fingerprint density at radius 3 is 2.55 bits per heavy atom. The van der Waals surface area contributed by atoms with Crippen molar-refractivity contribution in [1.82, 2.24) is 15.0 Å². The molecule has 112 valence electrons. The molecule has 1 aromatic carbocycles. The molecule has 0 unspecified atom stereocenters. The Labute approximate surface area is 134 Å². The summed E-state index contributed by atoms with van der Waals surface area (Å²) < 4.78 is 0. The van der Waals surface area contributed by atoms with E-state index in [4.69, 9.17) is 0 Å². The Morgan fingerprint density at radius 2 is 1.86 bits per heavy atom. The Morgan fingerprint density at radius 1 is 1.09 bits per heavy atom. The molecule has 0 aliphatic heterocycles. The van der Waals surface area contributed by atoms with Crippen molar-refractivity contribution in [2.75, 3.05) is 5.32 Å². The molecule has 0 amide bonds. The van der Waals surface area contributed by atoms with E-state index in [0.29, 0.717) is 5.95 Å². The van der Waals surface area contributed by atoms with E-state index in [1.807, 2.05) is 12.3 Å². The number of rotatable bonds is 4. The summed E-state index contributed by atoms with van der Waals surface area (Å²) in [7, 11) is 0. The van der Waals surface area contributed by atoms with Gasteiger partial charge in [0.1, 0.15) is 10.7 Å². The normalized spacial score (nSPS) is 10.7. The van der Waals surface area contributed by atoms with Crippen LogP contribution in [0.2, 0.25) is 0 Å². The first-order chi connectivity index (χ1) is 10.6. The van der Waals surface area contributed by atoms with Crippen LogP contribution < -0.4 is 5.32 Å². The van der Waals surface area contributed by atoms with Crippen molar-refractivity contribution in [3.05, 3.63) is 52.7 Å². The molecule has 3 aromatic rings. The predicted octanol–water partition coefficient (Wildman–Crippen LogP) is 4.52. The molecule has 1 N–H and O–H groups in total. The minimum Gasteiger partial charge on any atom is -0.324 e. The number of nitrogens with one attached hydrogen (secondary N) is 1. The maximum absolute atomic E-state index is 4.57. The van der Waals surface area contributed by atoms with Crippen LogP contribution in [0.3, 0.4) is 0 Å². The minimum absolute atomic E-state index is 0.593. The number of hydrogen-bond acceptors (Lipinski definition) is 5. The zero-order valence-electron chi connectivity index (χ0n) is 12.9. The van der Waals surface area contributed by atoms with Gasteiger partial charge in [0.15, 0.2) is 0 Å². The van der Waals surface area contributed by atoms with Crippen molar-refractivity contribution in [2.45, 2.75) is 27.2 Å². The molecule has 0 atom stereocenters. The quantitative estimate of drug-likeness (QED) is 0.769. The summed E-state index contributed by atoms with van der Waals surface area (Å²) >= 11 is 1.68. The highest BCUT2D eigenvalue weighted by Gasteiger charge is 2.07. The third kappa shape index (κ3) is 3.31. The summed E-state index contributed by atoms with van der Waals surface area (Å²) in [6.07, 6.45) is 4.68. The molecule has 0 fully saturated rings. The fourth-order valence-electron chi connectivity index (χ4n) is 2.30. The lowest BCUT2D eigenvalue weighted by Gasteiger charge is -2.07. The van der Waals surface area contributed by atoms with E-state index in [0.717, 1.165) is 22.8 Å². The summed E-state index contributed by atoms with van der Waals surface area (Å²) in [4.78, 5) is 14.6. The zero-order valence-corrected chi connectivity index (χ0v) is 13.7. The summed E-state index contributed by atoms with van der Waals surface area (Å²) in [5.41, 5.74) is 4.28. The molecular formula is C17H18N4S. The third-order valence-corrected chi connectivity index (χ3v) is 4.42. The lowest BCUT2D eigenvalue weighted by Crippen LogP contribution is -1.98. The van der Waals surface area contributed by atoms with E-state index in [9.17, 15) is 0 Å². The van der Waals surface area contributed by atoms with Gasteiger partial charge in [-0.15, -0.1) is 11.3 Å². The first kappa shape index (κ1) is 14.7. The number of thiazole rings is 1. The molecule has 3 rings (SSSR count). The second-order valence-electron chi connectivity index (χ2n) is 5.25. The molecule has 22 heavy (non-hydrogen) atoms. The van der Waals surface area contributed by atoms with Crippen molar-refractivity contribution in [2.24, 2.45) is 0 Å². The molecule has 0 aliphatic rings. The van der Waals surface area contributed by atoms with E-state index in [1.54, 1.807) is 17.5 Å². The van der Waals surface area contributed by atoms with Gasteiger partial charge in [-0.2, -0.15) is 0 Å². The van der Waals surface area contributed by atoms with Crippen LogP contribution in [-0.4, -0.2) is 15.0 Å². The maximum atomic E-state index is 4.57. The van der Waals surface area contributed by atoms with Gasteiger partial charge in [-0.25, -0.2) is 15.0 Å². The van der Waals surface area contributed by atoms with Crippen LogP contribution in [0.25, 0.3) is 10.7 Å². The monoisotopic (exact) mass is 310 g/mol. The molecule has 0 radical (unpaired) electrons. The van der Waals surface area contributed by atoms with Crippen molar-refractivity contribution in [1.29, 1.82) is 0 Å². The van der Waals surface area contributed by atoms with E-state index in [-0.39, 0.29) is 0 Å². The van der Waals surface area contributed by atoms with Gasteiger partial charge in [0.05, 0.1) is 0 Å². The highest BCUT2D eigenvalue weighted by atomic mass is 32.1. The molecule has 2 aromatic heterocycles. The van der Waals surface area contributed by atoms with Gasteiger partial charge in [0.2, 0.25) is 5.95 Å². The Hall–Kier alpha value is -2.27. The highest BCUT2D eigenvalue weighted by Crippen LogP contribution is 2.25. The third-order valence-electron chi connectivity index (χ3n) is 3.25. The Balaban J connectivity index is 1.87. The zero-order chi connectivity index (χ0) is 15.5. The first-order valence-electron chi connectivity index (χ1n) is 7.27. The van der Waals surface area contributed by atoms with Crippen LogP contribution in [0.5, 0.6) is 0 Å². The topological polar surface area (TPSA) is 50.7 Å².